The molecule has 0 fully saturated rings. The lowest BCUT2D eigenvalue weighted by Crippen LogP contribution is -1.98. The summed E-state index contributed by atoms with van der Waals surface area (Å²) in [5.74, 6) is -0.790. The van der Waals surface area contributed by atoms with Gasteiger partial charge in [-0.25, -0.2) is 0 Å². The Bertz CT molecular complexity index is 287. The number of halogens is 1. The molecule has 1 heterocycles. The Labute approximate surface area is 80.6 Å². The predicted octanol–water partition coefficient (Wildman–Crippen LogP) is 1.54. The third kappa shape index (κ3) is 3.85. The van der Waals surface area contributed by atoms with Crippen molar-refractivity contribution in [2.75, 3.05) is 0 Å². The van der Waals surface area contributed by atoms with Crippen molar-refractivity contribution >= 4 is 17.6 Å². The maximum Gasteiger partial charge on any atom is 0.303 e. The minimum Gasteiger partial charge on any atom is -0.481 e. The molecule has 0 spiro atoms. The molecule has 0 atom stereocenters. The molecule has 0 aliphatic carbocycles. The number of aliphatic carboxylic acids is 1. The van der Waals surface area contributed by atoms with Crippen LogP contribution in [-0.4, -0.2) is 21.3 Å². The highest BCUT2D eigenvalue weighted by Crippen LogP contribution is 2.05. The van der Waals surface area contributed by atoms with E-state index in [-0.39, 0.29) is 6.42 Å². The zero-order valence-corrected chi connectivity index (χ0v) is 7.66. The third-order valence-corrected chi connectivity index (χ3v) is 1.71. The standard InChI is InChI=1S/C8H9ClN2O2/c9-7-5-4-6(10-11-7)2-1-3-8(12)13/h4-5H,1-3H2,(H,12,13). The van der Waals surface area contributed by atoms with Gasteiger partial charge in [0.05, 0.1) is 5.69 Å². The van der Waals surface area contributed by atoms with Gasteiger partial charge in [-0.3, -0.25) is 4.79 Å². The van der Waals surface area contributed by atoms with Crippen LogP contribution in [0.25, 0.3) is 0 Å². The number of carboxylic acid groups (broad SMARTS) is 1. The van der Waals surface area contributed by atoms with Crippen molar-refractivity contribution in [1.29, 1.82) is 0 Å². The Balaban J connectivity index is 2.37. The maximum atomic E-state index is 10.2. The highest BCUT2D eigenvalue weighted by molar-refractivity contribution is 6.29. The molecule has 0 radical (unpaired) electrons. The number of carboxylic acids is 1. The number of aromatic nitrogens is 2. The summed E-state index contributed by atoms with van der Waals surface area (Å²) in [6.45, 7) is 0. The van der Waals surface area contributed by atoms with E-state index < -0.39 is 5.97 Å². The Morgan fingerprint density at radius 1 is 1.46 bits per heavy atom. The Hall–Kier alpha value is -1.16. The molecule has 0 aliphatic rings. The summed E-state index contributed by atoms with van der Waals surface area (Å²) in [7, 11) is 0. The van der Waals surface area contributed by atoms with Crippen molar-refractivity contribution in [2.24, 2.45) is 0 Å². The van der Waals surface area contributed by atoms with Gasteiger partial charge in [-0.15, -0.1) is 5.10 Å². The lowest BCUT2D eigenvalue weighted by atomic mass is 10.2. The van der Waals surface area contributed by atoms with Gasteiger partial charge in [-0.2, -0.15) is 5.10 Å². The van der Waals surface area contributed by atoms with Crippen LogP contribution in [0.2, 0.25) is 5.15 Å². The van der Waals surface area contributed by atoms with E-state index in [9.17, 15) is 4.79 Å². The Morgan fingerprint density at radius 3 is 2.77 bits per heavy atom. The topological polar surface area (TPSA) is 63.1 Å². The predicted molar refractivity (Wildman–Crippen MR) is 47.6 cm³/mol. The first kappa shape index (κ1) is 9.92. The zero-order chi connectivity index (χ0) is 9.68. The number of hydrogen-bond donors (Lipinski definition) is 1. The molecule has 4 nitrogen and oxygen atoms in total. The fourth-order valence-corrected chi connectivity index (χ4v) is 0.998. The van der Waals surface area contributed by atoms with Crippen LogP contribution in [0.5, 0.6) is 0 Å². The van der Waals surface area contributed by atoms with Crippen LogP contribution in [0.3, 0.4) is 0 Å². The van der Waals surface area contributed by atoms with Crippen molar-refractivity contribution in [1.82, 2.24) is 10.2 Å². The largest absolute Gasteiger partial charge is 0.481 e. The van der Waals surface area contributed by atoms with Gasteiger partial charge in [0.1, 0.15) is 0 Å². The lowest BCUT2D eigenvalue weighted by Gasteiger charge is -1.96. The highest BCUT2D eigenvalue weighted by atomic mass is 35.5. The molecule has 70 valence electrons. The monoisotopic (exact) mass is 200 g/mol. The Kier molecular flexibility index (Phi) is 3.64. The average Bonchev–Trinajstić information content (AvgIpc) is 2.08. The molecule has 0 saturated heterocycles. The first-order valence-electron chi connectivity index (χ1n) is 3.88. The van der Waals surface area contributed by atoms with E-state index in [4.69, 9.17) is 16.7 Å². The smallest absolute Gasteiger partial charge is 0.303 e. The fraction of sp³-hybridized carbons (Fsp3) is 0.375. The van der Waals surface area contributed by atoms with E-state index >= 15 is 0 Å². The molecular formula is C8H9ClN2O2. The first-order chi connectivity index (χ1) is 6.18. The SMILES string of the molecule is O=C(O)CCCc1ccc(Cl)nn1. The van der Waals surface area contributed by atoms with E-state index in [0.717, 1.165) is 5.69 Å². The van der Waals surface area contributed by atoms with Crippen molar-refractivity contribution in [2.45, 2.75) is 19.3 Å². The second-order valence-corrected chi connectivity index (χ2v) is 2.98. The molecule has 1 aromatic heterocycles. The Morgan fingerprint density at radius 2 is 2.23 bits per heavy atom. The molecular weight excluding hydrogens is 192 g/mol. The summed E-state index contributed by atoms with van der Waals surface area (Å²) in [5.41, 5.74) is 0.769. The normalized spacial score (nSPS) is 9.92. The summed E-state index contributed by atoms with van der Waals surface area (Å²) < 4.78 is 0. The van der Waals surface area contributed by atoms with E-state index in [2.05, 4.69) is 10.2 Å². The minimum atomic E-state index is -0.790. The maximum absolute atomic E-state index is 10.2. The highest BCUT2D eigenvalue weighted by Gasteiger charge is 1.99. The average molecular weight is 201 g/mol. The molecule has 0 bridgehead atoms. The van der Waals surface area contributed by atoms with Gasteiger partial charge in [-0.1, -0.05) is 11.6 Å². The van der Waals surface area contributed by atoms with Crippen LogP contribution in [0, 0.1) is 0 Å². The fourth-order valence-electron chi connectivity index (χ4n) is 0.898. The first-order valence-corrected chi connectivity index (χ1v) is 4.26. The molecule has 0 unspecified atom stereocenters. The number of hydrogen-bond acceptors (Lipinski definition) is 3. The van der Waals surface area contributed by atoms with Crippen LogP contribution in [-0.2, 0) is 11.2 Å². The van der Waals surface area contributed by atoms with Crippen LogP contribution in [0.4, 0.5) is 0 Å². The van der Waals surface area contributed by atoms with Crippen LogP contribution < -0.4 is 0 Å². The molecule has 0 aromatic carbocycles. The van der Waals surface area contributed by atoms with E-state index in [1.54, 1.807) is 12.1 Å². The third-order valence-electron chi connectivity index (χ3n) is 1.51. The van der Waals surface area contributed by atoms with Crippen LogP contribution >= 0.6 is 11.6 Å². The van der Waals surface area contributed by atoms with Gasteiger partial charge in [0, 0.05) is 6.42 Å². The van der Waals surface area contributed by atoms with E-state index in [1.807, 2.05) is 0 Å². The van der Waals surface area contributed by atoms with E-state index in [0.29, 0.717) is 18.0 Å². The number of nitrogens with zero attached hydrogens (tertiary/aromatic N) is 2. The minimum absolute atomic E-state index is 0.157. The van der Waals surface area contributed by atoms with Crippen molar-refractivity contribution in [3.05, 3.63) is 23.0 Å². The molecule has 0 aliphatic heterocycles. The lowest BCUT2D eigenvalue weighted by molar-refractivity contribution is -0.137. The number of carbonyl (C=O) groups is 1. The van der Waals surface area contributed by atoms with Gasteiger partial charge < -0.3 is 5.11 Å². The van der Waals surface area contributed by atoms with Gasteiger partial charge in [0.2, 0.25) is 0 Å². The second-order valence-electron chi connectivity index (χ2n) is 2.59. The molecule has 5 heteroatoms. The van der Waals surface area contributed by atoms with Crippen LogP contribution in [0.1, 0.15) is 18.5 Å². The van der Waals surface area contributed by atoms with Gasteiger partial charge in [-0.05, 0) is 25.0 Å². The molecule has 0 amide bonds. The molecule has 13 heavy (non-hydrogen) atoms. The van der Waals surface area contributed by atoms with Gasteiger partial charge >= 0.3 is 5.97 Å². The molecule has 0 saturated carbocycles. The summed E-state index contributed by atoms with van der Waals surface area (Å²) in [6.07, 6.45) is 1.35. The van der Waals surface area contributed by atoms with Gasteiger partial charge in [0.25, 0.3) is 0 Å². The summed E-state index contributed by atoms with van der Waals surface area (Å²) >= 11 is 5.53. The quantitative estimate of drug-likeness (QED) is 0.801. The zero-order valence-electron chi connectivity index (χ0n) is 6.90. The van der Waals surface area contributed by atoms with E-state index in [1.165, 1.54) is 0 Å². The summed E-state index contributed by atoms with van der Waals surface area (Å²) in [6, 6.07) is 3.39. The molecule has 1 aromatic rings. The van der Waals surface area contributed by atoms with Crippen molar-refractivity contribution < 1.29 is 9.90 Å². The summed E-state index contributed by atoms with van der Waals surface area (Å²) in [5, 5.41) is 16.2. The molecule has 1 rings (SSSR count). The number of aryl methyl sites for hydroxylation is 1. The van der Waals surface area contributed by atoms with Gasteiger partial charge in [0.15, 0.2) is 5.15 Å². The van der Waals surface area contributed by atoms with Crippen LogP contribution in [0.15, 0.2) is 12.1 Å². The summed E-state index contributed by atoms with van der Waals surface area (Å²) in [4.78, 5) is 10.2. The number of rotatable bonds is 4. The van der Waals surface area contributed by atoms with Crippen molar-refractivity contribution in [3.8, 4) is 0 Å². The molecule has 1 N–H and O–H groups in total. The van der Waals surface area contributed by atoms with Crippen molar-refractivity contribution in [3.63, 3.8) is 0 Å². The second kappa shape index (κ2) is 4.77.